The van der Waals surface area contributed by atoms with E-state index in [4.69, 9.17) is 4.74 Å². The molecule has 0 heterocycles. The normalized spacial score (nSPS) is 33.4. The van der Waals surface area contributed by atoms with Crippen LogP contribution < -0.4 is 5.32 Å². The van der Waals surface area contributed by atoms with Gasteiger partial charge in [-0.15, -0.1) is 0 Å². The second-order valence-electron chi connectivity index (χ2n) is 5.85. The number of hydrogen-bond acceptors (Lipinski definition) is 2. The molecule has 1 aliphatic rings. The molecular weight excluding hydrogens is 210 g/mol. The van der Waals surface area contributed by atoms with Gasteiger partial charge in [0, 0.05) is 12.6 Å². The standard InChI is InChI=1S/C15H31NO/c1-6-13(4)14(16-5)15(17-7-2)10-8-9-12(3)11-15/h12-14,16H,6-11H2,1-5H3. The van der Waals surface area contributed by atoms with Crippen LogP contribution in [0, 0.1) is 11.8 Å². The first-order chi connectivity index (χ1) is 8.09. The summed E-state index contributed by atoms with van der Waals surface area (Å²) in [4.78, 5) is 0. The molecule has 0 bridgehead atoms. The van der Waals surface area contributed by atoms with E-state index in [2.05, 4.69) is 40.1 Å². The molecular formula is C15H31NO. The minimum absolute atomic E-state index is 0.0800. The molecule has 1 rings (SSSR count). The predicted octanol–water partition coefficient (Wildman–Crippen LogP) is 3.61. The summed E-state index contributed by atoms with van der Waals surface area (Å²) in [5, 5.41) is 3.54. The van der Waals surface area contributed by atoms with Crippen molar-refractivity contribution in [2.24, 2.45) is 11.8 Å². The number of rotatable bonds is 6. The number of nitrogens with one attached hydrogen (secondary N) is 1. The number of ether oxygens (including phenoxy) is 1. The van der Waals surface area contributed by atoms with Crippen LogP contribution >= 0.6 is 0 Å². The molecule has 1 N–H and O–H groups in total. The lowest BCUT2D eigenvalue weighted by Gasteiger charge is -2.47. The van der Waals surface area contributed by atoms with Crippen molar-refractivity contribution >= 4 is 0 Å². The number of likely N-dealkylation sites (N-methyl/N-ethyl adjacent to an activating group) is 1. The van der Waals surface area contributed by atoms with Gasteiger partial charge in [0.25, 0.3) is 0 Å². The minimum Gasteiger partial charge on any atom is -0.374 e. The SMILES string of the molecule is CCOC1(C(NC)C(C)CC)CCCC(C)C1. The van der Waals surface area contributed by atoms with Crippen molar-refractivity contribution in [1.82, 2.24) is 5.32 Å². The van der Waals surface area contributed by atoms with E-state index < -0.39 is 0 Å². The van der Waals surface area contributed by atoms with E-state index in [1.54, 1.807) is 0 Å². The smallest absolute Gasteiger partial charge is 0.0839 e. The summed E-state index contributed by atoms with van der Waals surface area (Å²) >= 11 is 0. The van der Waals surface area contributed by atoms with Crippen LogP contribution in [0.2, 0.25) is 0 Å². The molecule has 4 atom stereocenters. The highest BCUT2D eigenvalue weighted by Gasteiger charge is 2.43. The molecule has 4 unspecified atom stereocenters. The molecule has 17 heavy (non-hydrogen) atoms. The van der Waals surface area contributed by atoms with E-state index in [9.17, 15) is 0 Å². The zero-order valence-electron chi connectivity index (χ0n) is 12.4. The fraction of sp³-hybridized carbons (Fsp3) is 1.00. The highest BCUT2D eigenvalue weighted by atomic mass is 16.5. The van der Waals surface area contributed by atoms with Gasteiger partial charge in [0.1, 0.15) is 0 Å². The van der Waals surface area contributed by atoms with Crippen molar-refractivity contribution in [2.45, 2.75) is 71.4 Å². The third-order valence-electron chi connectivity index (χ3n) is 4.51. The third-order valence-corrected chi connectivity index (χ3v) is 4.51. The van der Waals surface area contributed by atoms with E-state index in [1.807, 2.05) is 0 Å². The van der Waals surface area contributed by atoms with Crippen LogP contribution in [0.15, 0.2) is 0 Å². The van der Waals surface area contributed by atoms with E-state index in [0.29, 0.717) is 12.0 Å². The molecule has 0 aromatic rings. The van der Waals surface area contributed by atoms with E-state index in [-0.39, 0.29) is 5.60 Å². The van der Waals surface area contributed by atoms with Gasteiger partial charge in [-0.3, -0.25) is 0 Å². The van der Waals surface area contributed by atoms with Crippen LogP contribution in [-0.4, -0.2) is 25.3 Å². The maximum absolute atomic E-state index is 6.25. The van der Waals surface area contributed by atoms with Crippen LogP contribution in [0.4, 0.5) is 0 Å². The van der Waals surface area contributed by atoms with Crippen molar-refractivity contribution < 1.29 is 4.74 Å². The van der Waals surface area contributed by atoms with Gasteiger partial charge in [0.2, 0.25) is 0 Å². The topological polar surface area (TPSA) is 21.3 Å². The molecule has 0 aromatic heterocycles. The molecule has 0 spiro atoms. The Morgan fingerprint density at radius 2 is 2.12 bits per heavy atom. The van der Waals surface area contributed by atoms with Gasteiger partial charge in [0.05, 0.1) is 5.60 Å². The average Bonchev–Trinajstić information content (AvgIpc) is 2.29. The Hall–Kier alpha value is -0.0800. The van der Waals surface area contributed by atoms with Gasteiger partial charge < -0.3 is 10.1 Å². The van der Waals surface area contributed by atoms with Crippen LogP contribution in [0.1, 0.15) is 59.8 Å². The van der Waals surface area contributed by atoms with Gasteiger partial charge >= 0.3 is 0 Å². The van der Waals surface area contributed by atoms with E-state index in [0.717, 1.165) is 12.5 Å². The Balaban J connectivity index is 2.87. The minimum atomic E-state index is 0.0800. The van der Waals surface area contributed by atoms with Crippen LogP contribution in [0.5, 0.6) is 0 Å². The molecule has 2 nitrogen and oxygen atoms in total. The van der Waals surface area contributed by atoms with Crippen LogP contribution in [0.3, 0.4) is 0 Å². The van der Waals surface area contributed by atoms with Crippen molar-refractivity contribution in [3.63, 3.8) is 0 Å². The van der Waals surface area contributed by atoms with Crippen molar-refractivity contribution in [1.29, 1.82) is 0 Å². The first kappa shape index (κ1) is 15.0. The third kappa shape index (κ3) is 3.45. The van der Waals surface area contributed by atoms with Gasteiger partial charge in [-0.05, 0) is 38.6 Å². The second kappa shape index (κ2) is 6.75. The lowest BCUT2D eigenvalue weighted by atomic mass is 9.71. The Kier molecular flexibility index (Phi) is 5.94. The molecule has 0 amide bonds. The maximum atomic E-state index is 6.25. The summed E-state index contributed by atoms with van der Waals surface area (Å²) in [6, 6.07) is 0.496. The second-order valence-corrected chi connectivity index (χ2v) is 5.85. The monoisotopic (exact) mass is 241 g/mol. The van der Waals surface area contributed by atoms with Gasteiger partial charge in [-0.1, -0.05) is 40.0 Å². The summed E-state index contributed by atoms with van der Waals surface area (Å²) < 4.78 is 6.25. The molecule has 1 fully saturated rings. The van der Waals surface area contributed by atoms with Gasteiger partial charge in [0.15, 0.2) is 0 Å². The largest absolute Gasteiger partial charge is 0.374 e. The van der Waals surface area contributed by atoms with Gasteiger partial charge in [-0.2, -0.15) is 0 Å². The zero-order chi connectivity index (χ0) is 12.9. The summed E-state index contributed by atoms with van der Waals surface area (Å²) in [6.07, 6.45) is 6.34. The zero-order valence-corrected chi connectivity index (χ0v) is 12.4. The fourth-order valence-corrected chi connectivity index (χ4v) is 3.64. The Labute approximate surface area is 108 Å². The first-order valence-corrected chi connectivity index (χ1v) is 7.40. The molecule has 102 valence electrons. The van der Waals surface area contributed by atoms with Crippen molar-refractivity contribution in [3.05, 3.63) is 0 Å². The summed E-state index contributed by atoms with van der Waals surface area (Å²) in [6.45, 7) is 9.96. The molecule has 0 radical (unpaired) electrons. The lowest BCUT2D eigenvalue weighted by molar-refractivity contribution is -0.109. The summed E-state index contributed by atoms with van der Waals surface area (Å²) in [7, 11) is 2.09. The summed E-state index contributed by atoms with van der Waals surface area (Å²) in [5.74, 6) is 1.48. The van der Waals surface area contributed by atoms with Crippen molar-refractivity contribution in [3.8, 4) is 0 Å². The molecule has 1 aliphatic carbocycles. The number of hydrogen-bond donors (Lipinski definition) is 1. The molecule has 0 aliphatic heterocycles. The summed E-state index contributed by atoms with van der Waals surface area (Å²) in [5.41, 5.74) is 0.0800. The quantitative estimate of drug-likeness (QED) is 0.767. The molecule has 1 saturated carbocycles. The molecule has 0 aromatic carbocycles. The molecule has 0 saturated heterocycles. The Morgan fingerprint density at radius 3 is 2.59 bits per heavy atom. The highest BCUT2D eigenvalue weighted by molar-refractivity contribution is 4.98. The fourth-order valence-electron chi connectivity index (χ4n) is 3.64. The first-order valence-electron chi connectivity index (χ1n) is 7.40. The lowest BCUT2D eigenvalue weighted by Crippen LogP contribution is -2.56. The van der Waals surface area contributed by atoms with E-state index in [1.165, 1.54) is 32.1 Å². The van der Waals surface area contributed by atoms with Crippen LogP contribution in [0.25, 0.3) is 0 Å². The average molecular weight is 241 g/mol. The molecule has 2 heteroatoms. The Bertz CT molecular complexity index is 215. The Morgan fingerprint density at radius 1 is 1.41 bits per heavy atom. The van der Waals surface area contributed by atoms with Gasteiger partial charge in [-0.25, -0.2) is 0 Å². The van der Waals surface area contributed by atoms with E-state index >= 15 is 0 Å². The van der Waals surface area contributed by atoms with Crippen molar-refractivity contribution in [2.75, 3.05) is 13.7 Å². The predicted molar refractivity (Wildman–Crippen MR) is 74.3 cm³/mol. The highest BCUT2D eigenvalue weighted by Crippen LogP contribution is 2.40. The van der Waals surface area contributed by atoms with Crippen LogP contribution in [-0.2, 0) is 4.74 Å². The maximum Gasteiger partial charge on any atom is 0.0839 e.